The molecule has 0 radical (unpaired) electrons. The van der Waals surface area contributed by atoms with Crippen LogP contribution in [0.15, 0.2) is 36.4 Å². The van der Waals surface area contributed by atoms with E-state index in [0.29, 0.717) is 11.5 Å². The summed E-state index contributed by atoms with van der Waals surface area (Å²) in [6, 6.07) is 13.8. The highest BCUT2D eigenvalue weighted by Crippen LogP contribution is 2.26. The Kier molecular flexibility index (Phi) is 2.69. The van der Waals surface area contributed by atoms with Crippen LogP contribution in [0.3, 0.4) is 0 Å². The van der Waals surface area contributed by atoms with Crippen molar-refractivity contribution in [3.63, 3.8) is 0 Å². The van der Waals surface area contributed by atoms with Crippen LogP contribution in [-0.2, 0) is 0 Å². The molecule has 98 valence electrons. The van der Waals surface area contributed by atoms with Crippen molar-refractivity contribution < 1.29 is 0 Å². The van der Waals surface area contributed by atoms with Crippen LogP contribution in [0.2, 0.25) is 0 Å². The van der Waals surface area contributed by atoms with Crippen LogP contribution in [0.1, 0.15) is 16.7 Å². The van der Waals surface area contributed by atoms with E-state index in [1.165, 1.54) is 0 Å². The monoisotopic (exact) mass is 262 g/mol. The van der Waals surface area contributed by atoms with Gasteiger partial charge < -0.3 is 5.73 Å². The molecule has 0 amide bonds. The molecule has 0 bridgehead atoms. The Bertz CT molecular complexity index is 853. The molecule has 0 spiro atoms. The van der Waals surface area contributed by atoms with Gasteiger partial charge in [-0.05, 0) is 49.2 Å². The number of aryl methyl sites for hydroxylation is 2. The minimum Gasteiger partial charge on any atom is -0.369 e. The molecule has 0 aliphatic rings. The Morgan fingerprint density at radius 2 is 1.95 bits per heavy atom. The molecule has 0 aliphatic heterocycles. The number of anilines is 1. The Hall–Kier alpha value is -2.80. The molecular formula is C16H14N4. The molecule has 0 saturated heterocycles. The standard InChI is InChI=1S/C16H14N4/c1-10-3-6-14-13(7-10)19-16(18)20(14)15-8-12(9-17)5-4-11(15)2/h3-8H,1-2H3,(H2,18,19). The van der Waals surface area contributed by atoms with Gasteiger partial charge in [0.05, 0.1) is 28.4 Å². The second kappa shape index (κ2) is 4.39. The molecule has 0 atom stereocenters. The third-order valence-corrected chi connectivity index (χ3v) is 3.42. The van der Waals surface area contributed by atoms with Crippen molar-refractivity contribution in [3.05, 3.63) is 53.1 Å². The van der Waals surface area contributed by atoms with E-state index in [2.05, 4.69) is 11.1 Å². The Morgan fingerprint density at radius 1 is 1.15 bits per heavy atom. The highest BCUT2D eigenvalue weighted by Gasteiger charge is 2.12. The van der Waals surface area contributed by atoms with Gasteiger partial charge in [-0.1, -0.05) is 12.1 Å². The molecular weight excluding hydrogens is 248 g/mol. The van der Waals surface area contributed by atoms with E-state index in [-0.39, 0.29) is 0 Å². The molecule has 4 nitrogen and oxygen atoms in total. The topological polar surface area (TPSA) is 67.6 Å². The lowest BCUT2D eigenvalue weighted by molar-refractivity contribution is 1.09. The summed E-state index contributed by atoms with van der Waals surface area (Å²) in [5.74, 6) is 0.434. The number of aromatic nitrogens is 2. The molecule has 1 heterocycles. The maximum atomic E-state index is 9.06. The van der Waals surface area contributed by atoms with Crippen LogP contribution in [0, 0.1) is 25.2 Å². The van der Waals surface area contributed by atoms with Crippen molar-refractivity contribution in [1.82, 2.24) is 9.55 Å². The lowest BCUT2D eigenvalue weighted by atomic mass is 10.1. The van der Waals surface area contributed by atoms with E-state index in [1.807, 2.05) is 48.7 Å². The zero-order chi connectivity index (χ0) is 14.3. The highest BCUT2D eigenvalue weighted by molar-refractivity contribution is 5.82. The number of benzene rings is 2. The zero-order valence-corrected chi connectivity index (χ0v) is 11.4. The predicted octanol–water partition coefficient (Wildman–Crippen LogP) is 3.10. The summed E-state index contributed by atoms with van der Waals surface area (Å²) < 4.78 is 1.89. The first-order valence-electron chi connectivity index (χ1n) is 6.36. The van der Waals surface area contributed by atoms with Gasteiger partial charge in [0.2, 0.25) is 5.95 Å². The third kappa shape index (κ3) is 1.81. The molecule has 3 rings (SSSR count). The quantitative estimate of drug-likeness (QED) is 0.732. The first-order chi connectivity index (χ1) is 9.60. The molecule has 0 fully saturated rings. The minimum absolute atomic E-state index is 0.434. The number of hydrogen-bond donors (Lipinski definition) is 1. The van der Waals surface area contributed by atoms with Gasteiger partial charge in [0.15, 0.2) is 0 Å². The Morgan fingerprint density at radius 3 is 2.70 bits per heavy atom. The number of nitriles is 1. The van der Waals surface area contributed by atoms with Gasteiger partial charge in [-0.3, -0.25) is 4.57 Å². The van der Waals surface area contributed by atoms with Crippen LogP contribution in [-0.4, -0.2) is 9.55 Å². The molecule has 20 heavy (non-hydrogen) atoms. The lowest BCUT2D eigenvalue weighted by Gasteiger charge is -2.10. The molecule has 4 heteroatoms. The Balaban J connectivity index is 2.35. The van der Waals surface area contributed by atoms with Crippen LogP contribution in [0.25, 0.3) is 16.7 Å². The largest absolute Gasteiger partial charge is 0.369 e. The highest BCUT2D eigenvalue weighted by atomic mass is 15.2. The van der Waals surface area contributed by atoms with Crippen LogP contribution in [0.5, 0.6) is 0 Å². The SMILES string of the molecule is Cc1ccc2c(c1)nc(N)n2-c1cc(C#N)ccc1C. The summed E-state index contributed by atoms with van der Waals surface area (Å²) in [4.78, 5) is 4.40. The smallest absolute Gasteiger partial charge is 0.205 e. The van der Waals surface area contributed by atoms with E-state index in [4.69, 9.17) is 11.0 Å². The average Bonchev–Trinajstić information content (AvgIpc) is 2.74. The zero-order valence-electron chi connectivity index (χ0n) is 11.4. The van der Waals surface area contributed by atoms with E-state index < -0.39 is 0 Å². The van der Waals surface area contributed by atoms with Gasteiger partial charge in [-0.25, -0.2) is 4.98 Å². The molecule has 2 aromatic carbocycles. The van der Waals surface area contributed by atoms with E-state index >= 15 is 0 Å². The fraction of sp³-hybridized carbons (Fsp3) is 0.125. The molecule has 0 unspecified atom stereocenters. The van der Waals surface area contributed by atoms with E-state index in [0.717, 1.165) is 27.8 Å². The number of nitrogens with two attached hydrogens (primary N) is 1. The summed E-state index contributed by atoms with van der Waals surface area (Å²) in [5, 5.41) is 9.06. The van der Waals surface area contributed by atoms with E-state index in [1.54, 1.807) is 6.07 Å². The van der Waals surface area contributed by atoms with Crippen LogP contribution >= 0.6 is 0 Å². The Labute approximate surface area is 117 Å². The summed E-state index contributed by atoms with van der Waals surface area (Å²) in [7, 11) is 0. The first-order valence-corrected chi connectivity index (χ1v) is 6.36. The minimum atomic E-state index is 0.434. The van der Waals surface area contributed by atoms with Gasteiger partial charge in [-0.2, -0.15) is 5.26 Å². The van der Waals surface area contributed by atoms with Crippen molar-refractivity contribution in [1.29, 1.82) is 5.26 Å². The van der Waals surface area contributed by atoms with Crippen LogP contribution < -0.4 is 5.73 Å². The summed E-state index contributed by atoms with van der Waals surface area (Å²) in [6.45, 7) is 4.02. The molecule has 3 aromatic rings. The summed E-state index contributed by atoms with van der Waals surface area (Å²) in [5.41, 5.74) is 11.6. The second-order valence-electron chi connectivity index (χ2n) is 4.91. The van der Waals surface area contributed by atoms with Crippen molar-refractivity contribution in [2.45, 2.75) is 13.8 Å². The van der Waals surface area contributed by atoms with Crippen molar-refractivity contribution in [2.75, 3.05) is 5.73 Å². The first kappa shape index (κ1) is 12.2. The third-order valence-electron chi connectivity index (χ3n) is 3.42. The normalized spacial score (nSPS) is 10.7. The second-order valence-corrected chi connectivity index (χ2v) is 4.91. The van der Waals surface area contributed by atoms with E-state index in [9.17, 15) is 0 Å². The maximum Gasteiger partial charge on any atom is 0.205 e. The van der Waals surface area contributed by atoms with Crippen molar-refractivity contribution in [3.8, 4) is 11.8 Å². The van der Waals surface area contributed by atoms with Crippen LogP contribution in [0.4, 0.5) is 5.95 Å². The van der Waals surface area contributed by atoms with Gasteiger partial charge >= 0.3 is 0 Å². The fourth-order valence-corrected chi connectivity index (χ4v) is 2.38. The van der Waals surface area contributed by atoms with Crippen molar-refractivity contribution >= 4 is 17.0 Å². The number of rotatable bonds is 1. The van der Waals surface area contributed by atoms with Gasteiger partial charge in [0.25, 0.3) is 0 Å². The number of imidazole rings is 1. The molecule has 0 aliphatic carbocycles. The molecule has 1 aromatic heterocycles. The number of nitrogen functional groups attached to an aromatic ring is 1. The summed E-state index contributed by atoms with van der Waals surface area (Å²) in [6.07, 6.45) is 0. The lowest BCUT2D eigenvalue weighted by Crippen LogP contribution is -2.03. The number of fused-ring (bicyclic) bond motifs is 1. The average molecular weight is 262 g/mol. The number of hydrogen-bond acceptors (Lipinski definition) is 3. The molecule has 2 N–H and O–H groups in total. The summed E-state index contributed by atoms with van der Waals surface area (Å²) >= 11 is 0. The van der Waals surface area contributed by atoms with Gasteiger partial charge in [0, 0.05) is 0 Å². The van der Waals surface area contributed by atoms with Crippen molar-refractivity contribution in [2.24, 2.45) is 0 Å². The number of nitrogens with zero attached hydrogens (tertiary/aromatic N) is 3. The fourth-order valence-electron chi connectivity index (χ4n) is 2.38. The van der Waals surface area contributed by atoms with Gasteiger partial charge in [0.1, 0.15) is 0 Å². The molecule has 0 saturated carbocycles. The van der Waals surface area contributed by atoms with Gasteiger partial charge in [-0.15, -0.1) is 0 Å². The predicted molar refractivity (Wildman–Crippen MR) is 79.7 cm³/mol. The maximum absolute atomic E-state index is 9.06.